The SMILES string of the molecule is Nc1ncc(-c2ccccc2)c([C@H]2CCCCN2CC(=O)Nc2nccs2)n1. The van der Waals surface area contributed by atoms with E-state index >= 15 is 0 Å². The Hall–Kier alpha value is -2.84. The molecule has 0 aliphatic carbocycles. The number of benzene rings is 1. The number of aromatic nitrogens is 3. The Kier molecular flexibility index (Phi) is 5.59. The van der Waals surface area contributed by atoms with Gasteiger partial charge in [-0.3, -0.25) is 9.69 Å². The second kappa shape index (κ2) is 8.45. The topological polar surface area (TPSA) is 97.0 Å². The van der Waals surface area contributed by atoms with Crippen molar-refractivity contribution in [1.82, 2.24) is 19.9 Å². The summed E-state index contributed by atoms with van der Waals surface area (Å²) in [5.74, 6) is 0.192. The number of rotatable bonds is 5. The van der Waals surface area contributed by atoms with Crippen LogP contribution in [0.1, 0.15) is 31.0 Å². The number of hydrogen-bond donors (Lipinski definition) is 2. The first-order valence-electron chi connectivity index (χ1n) is 9.32. The van der Waals surface area contributed by atoms with Crippen LogP contribution in [0.15, 0.2) is 48.1 Å². The molecule has 0 radical (unpaired) electrons. The standard InChI is InChI=1S/C20H22N6OS/c21-19-23-12-15(14-6-2-1-3-7-14)18(25-19)16-8-4-5-10-26(16)13-17(27)24-20-22-9-11-28-20/h1-3,6-7,9,11-12,16H,4-5,8,10,13H2,(H2,21,23,25)(H,22,24,27)/t16-/m1/s1. The van der Waals surface area contributed by atoms with Crippen molar-refractivity contribution in [3.63, 3.8) is 0 Å². The highest BCUT2D eigenvalue weighted by Gasteiger charge is 2.29. The zero-order chi connectivity index (χ0) is 19.3. The van der Waals surface area contributed by atoms with Crippen molar-refractivity contribution in [2.45, 2.75) is 25.3 Å². The molecule has 4 rings (SSSR count). The number of carbonyl (C=O) groups is 1. The molecule has 3 N–H and O–H groups in total. The summed E-state index contributed by atoms with van der Waals surface area (Å²) in [6, 6.07) is 10.1. The molecule has 0 bridgehead atoms. The predicted octanol–water partition coefficient (Wildman–Crippen LogP) is 3.35. The number of hydrogen-bond acceptors (Lipinski definition) is 7. The fourth-order valence-corrected chi connectivity index (χ4v) is 4.17. The van der Waals surface area contributed by atoms with Crippen LogP contribution >= 0.6 is 11.3 Å². The van der Waals surface area contributed by atoms with Crippen LogP contribution in [-0.2, 0) is 4.79 Å². The van der Waals surface area contributed by atoms with E-state index in [0.29, 0.717) is 11.7 Å². The van der Waals surface area contributed by atoms with Gasteiger partial charge in [-0.15, -0.1) is 11.3 Å². The average molecular weight is 395 g/mol. The number of thiazole rings is 1. The number of anilines is 2. The molecular weight excluding hydrogens is 372 g/mol. The van der Waals surface area contributed by atoms with Crippen molar-refractivity contribution in [3.05, 3.63) is 53.8 Å². The Morgan fingerprint density at radius 3 is 2.89 bits per heavy atom. The van der Waals surface area contributed by atoms with Crippen LogP contribution in [0.5, 0.6) is 0 Å². The number of nitrogens with two attached hydrogens (primary N) is 1. The number of likely N-dealkylation sites (tertiary alicyclic amines) is 1. The van der Waals surface area contributed by atoms with Crippen molar-refractivity contribution in [3.8, 4) is 11.1 Å². The molecule has 2 aromatic heterocycles. The van der Waals surface area contributed by atoms with Gasteiger partial charge in [0.05, 0.1) is 18.3 Å². The monoisotopic (exact) mass is 394 g/mol. The lowest BCUT2D eigenvalue weighted by Gasteiger charge is -2.35. The Morgan fingerprint density at radius 1 is 1.25 bits per heavy atom. The smallest absolute Gasteiger partial charge is 0.240 e. The van der Waals surface area contributed by atoms with E-state index in [1.807, 2.05) is 35.7 Å². The van der Waals surface area contributed by atoms with Gasteiger partial charge in [0, 0.05) is 23.3 Å². The number of amides is 1. The Bertz CT molecular complexity index is 931. The summed E-state index contributed by atoms with van der Waals surface area (Å²) >= 11 is 1.41. The van der Waals surface area contributed by atoms with Gasteiger partial charge in [0.15, 0.2) is 5.13 Å². The predicted molar refractivity (Wildman–Crippen MR) is 111 cm³/mol. The van der Waals surface area contributed by atoms with Crippen LogP contribution in [0.2, 0.25) is 0 Å². The number of nitrogen functional groups attached to an aromatic ring is 1. The normalized spacial score (nSPS) is 17.4. The molecule has 1 aromatic carbocycles. The molecule has 0 unspecified atom stereocenters. The molecule has 1 atom stereocenters. The number of piperidine rings is 1. The highest BCUT2D eigenvalue weighted by Crippen LogP contribution is 2.35. The Labute approximate surface area is 167 Å². The maximum Gasteiger partial charge on any atom is 0.240 e. The lowest BCUT2D eigenvalue weighted by atomic mass is 9.94. The molecule has 1 fully saturated rings. The summed E-state index contributed by atoms with van der Waals surface area (Å²) < 4.78 is 0. The van der Waals surface area contributed by atoms with E-state index < -0.39 is 0 Å². The molecule has 1 aliphatic rings. The second-order valence-electron chi connectivity index (χ2n) is 6.76. The third-order valence-corrected chi connectivity index (χ3v) is 5.56. The summed E-state index contributed by atoms with van der Waals surface area (Å²) in [7, 11) is 0. The fourth-order valence-electron chi connectivity index (χ4n) is 3.62. The van der Waals surface area contributed by atoms with Gasteiger partial charge in [0.25, 0.3) is 0 Å². The van der Waals surface area contributed by atoms with Crippen molar-refractivity contribution in [2.24, 2.45) is 0 Å². The largest absolute Gasteiger partial charge is 0.368 e. The number of nitrogens with one attached hydrogen (secondary N) is 1. The first kappa shape index (κ1) is 18.5. The van der Waals surface area contributed by atoms with Crippen LogP contribution in [0, 0.1) is 0 Å². The van der Waals surface area contributed by atoms with Crippen LogP contribution in [0.25, 0.3) is 11.1 Å². The molecule has 28 heavy (non-hydrogen) atoms. The first-order chi connectivity index (χ1) is 13.7. The van der Waals surface area contributed by atoms with Gasteiger partial charge in [0.1, 0.15) is 0 Å². The molecule has 8 heteroatoms. The molecule has 1 amide bonds. The van der Waals surface area contributed by atoms with Crippen molar-refractivity contribution < 1.29 is 4.79 Å². The van der Waals surface area contributed by atoms with E-state index in [0.717, 1.165) is 42.6 Å². The van der Waals surface area contributed by atoms with Gasteiger partial charge in [-0.1, -0.05) is 36.8 Å². The van der Waals surface area contributed by atoms with E-state index in [9.17, 15) is 4.79 Å². The maximum absolute atomic E-state index is 12.5. The molecule has 144 valence electrons. The van der Waals surface area contributed by atoms with Crippen molar-refractivity contribution >= 4 is 28.3 Å². The van der Waals surface area contributed by atoms with Gasteiger partial charge in [-0.2, -0.15) is 0 Å². The lowest BCUT2D eigenvalue weighted by molar-refractivity contribution is -0.118. The van der Waals surface area contributed by atoms with Crippen LogP contribution in [0.4, 0.5) is 11.1 Å². The third kappa shape index (κ3) is 4.18. The molecule has 0 saturated carbocycles. The molecule has 0 spiro atoms. The van der Waals surface area contributed by atoms with Crippen LogP contribution < -0.4 is 11.1 Å². The molecular formula is C20H22N6OS. The van der Waals surface area contributed by atoms with E-state index in [-0.39, 0.29) is 17.9 Å². The van der Waals surface area contributed by atoms with E-state index in [1.54, 1.807) is 12.4 Å². The quantitative estimate of drug-likeness (QED) is 0.689. The number of nitrogens with zero attached hydrogens (tertiary/aromatic N) is 4. The Balaban J connectivity index is 1.61. The van der Waals surface area contributed by atoms with E-state index in [4.69, 9.17) is 5.73 Å². The van der Waals surface area contributed by atoms with Crippen LogP contribution in [0.3, 0.4) is 0 Å². The summed E-state index contributed by atoms with van der Waals surface area (Å²) in [6.45, 7) is 1.14. The summed E-state index contributed by atoms with van der Waals surface area (Å²) in [6.07, 6.45) is 6.55. The van der Waals surface area contributed by atoms with Gasteiger partial charge in [-0.25, -0.2) is 15.0 Å². The minimum atomic E-state index is -0.0647. The van der Waals surface area contributed by atoms with Crippen LogP contribution in [-0.4, -0.2) is 38.8 Å². The molecule has 1 saturated heterocycles. The minimum absolute atomic E-state index is 0.0244. The fraction of sp³-hybridized carbons (Fsp3) is 0.300. The van der Waals surface area contributed by atoms with Crippen molar-refractivity contribution in [2.75, 3.05) is 24.1 Å². The highest BCUT2D eigenvalue weighted by molar-refractivity contribution is 7.13. The van der Waals surface area contributed by atoms with E-state index in [1.165, 1.54) is 11.3 Å². The summed E-state index contributed by atoms with van der Waals surface area (Å²) in [5.41, 5.74) is 8.83. The van der Waals surface area contributed by atoms with Crippen molar-refractivity contribution in [1.29, 1.82) is 0 Å². The molecule has 3 heterocycles. The molecule has 7 nitrogen and oxygen atoms in total. The lowest BCUT2D eigenvalue weighted by Crippen LogP contribution is -2.39. The molecule has 1 aliphatic heterocycles. The Morgan fingerprint density at radius 2 is 2.11 bits per heavy atom. The summed E-state index contributed by atoms with van der Waals surface area (Å²) in [4.78, 5) is 27.6. The van der Waals surface area contributed by atoms with Gasteiger partial charge in [0.2, 0.25) is 11.9 Å². The summed E-state index contributed by atoms with van der Waals surface area (Å²) in [5, 5.41) is 5.33. The molecule has 3 aromatic rings. The average Bonchev–Trinajstić information content (AvgIpc) is 3.22. The first-order valence-corrected chi connectivity index (χ1v) is 10.2. The van der Waals surface area contributed by atoms with E-state index in [2.05, 4.69) is 25.2 Å². The zero-order valence-electron chi connectivity index (χ0n) is 15.4. The van der Waals surface area contributed by atoms with Gasteiger partial charge >= 0.3 is 0 Å². The maximum atomic E-state index is 12.5. The van der Waals surface area contributed by atoms with Gasteiger partial charge in [-0.05, 0) is 24.9 Å². The second-order valence-corrected chi connectivity index (χ2v) is 7.66. The zero-order valence-corrected chi connectivity index (χ0v) is 16.2. The third-order valence-electron chi connectivity index (χ3n) is 4.88. The minimum Gasteiger partial charge on any atom is -0.368 e. The highest BCUT2D eigenvalue weighted by atomic mass is 32.1. The van der Waals surface area contributed by atoms with Gasteiger partial charge < -0.3 is 11.1 Å². The number of carbonyl (C=O) groups excluding carboxylic acids is 1.